The van der Waals surface area contributed by atoms with Crippen molar-refractivity contribution in [1.29, 1.82) is 0 Å². The van der Waals surface area contributed by atoms with Crippen LogP contribution in [0.2, 0.25) is 0 Å². The van der Waals surface area contributed by atoms with E-state index in [0.717, 1.165) is 19.3 Å². The van der Waals surface area contributed by atoms with Gasteiger partial charge >= 0.3 is 0 Å². The number of ketones is 3. The lowest BCUT2D eigenvalue weighted by Gasteiger charge is -2.06. The van der Waals surface area contributed by atoms with Gasteiger partial charge in [-0.25, -0.2) is 0 Å². The van der Waals surface area contributed by atoms with Crippen LogP contribution in [0.3, 0.4) is 0 Å². The zero-order valence-corrected chi connectivity index (χ0v) is 16.1. The molecule has 146 valence electrons. The van der Waals surface area contributed by atoms with Gasteiger partial charge in [0.25, 0.3) is 0 Å². The number of Topliss-reactive ketones (excluding diaryl/α,β-unsaturated/α-hetero) is 3. The Morgan fingerprint density at radius 3 is 1.88 bits per heavy atom. The first-order chi connectivity index (χ1) is 12.1. The molecule has 0 amide bonds. The average Bonchev–Trinajstić information content (AvgIpc) is 2.57. The first-order valence-corrected chi connectivity index (χ1v) is 9.74. The van der Waals surface area contributed by atoms with Crippen LogP contribution in [0.25, 0.3) is 0 Å². The van der Waals surface area contributed by atoms with E-state index in [1.165, 1.54) is 19.8 Å². The molecule has 0 rings (SSSR count). The van der Waals surface area contributed by atoms with Crippen LogP contribution in [0.5, 0.6) is 0 Å². The first kappa shape index (κ1) is 23.9. The quantitative estimate of drug-likeness (QED) is 0.326. The van der Waals surface area contributed by atoms with Crippen molar-refractivity contribution in [2.24, 2.45) is 0 Å². The highest BCUT2D eigenvalue weighted by atomic mass is 16.5. The number of hydrogen-bond donors (Lipinski definition) is 0. The molecule has 0 saturated carbocycles. The molecule has 0 saturated heterocycles. The van der Waals surface area contributed by atoms with Crippen LogP contribution in [0.15, 0.2) is 0 Å². The van der Waals surface area contributed by atoms with Crippen molar-refractivity contribution in [3.05, 3.63) is 0 Å². The Labute approximate surface area is 152 Å². The van der Waals surface area contributed by atoms with Crippen LogP contribution in [-0.2, 0) is 23.9 Å². The monoisotopic (exact) mass is 356 g/mol. The molecule has 0 aromatic carbocycles. The highest BCUT2D eigenvalue weighted by Crippen LogP contribution is 2.05. The number of carbonyl (C=O) groups is 3. The molecule has 25 heavy (non-hydrogen) atoms. The van der Waals surface area contributed by atoms with E-state index in [1.54, 1.807) is 0 Å². The van der Waals surface area contributed by atoms with Crippen molar-refractivity contribution >= 4 is 17.3 Å². The van der Waals surface area contributed by atoms with Gasteiger partial charge in [-0.2, -0.15) is 0 Å². The lowest BCUT2D eigenvalue weighted by molar-refractivity contribution is -0.121. The number of carbonyl (C=O) groups excluding carboxylic acids is 3. The van der Waals surface area contributed by atoms with Gasteiger partial charge in [0, 0.05) is 38.7 Å². The van der Waals surface area contributed by atoms with E-state index < -0.39 is 0 Å². The first-order valence-electron chi connectivity index (χ1n) is 9.74. The lowest BCUT2D eigenvalue weighted by atomic mass is 10.1. The van der Waals surface area contributed by atoms with Gasteiger partial charge in [0.1, 0.15) is 17.3 Å². The molecule has 0 heterocycles. The second-order valence-electron chi connectivity index (χ2n) is 6.52. The van der Waals surface area contributed by atoms with Crippen LogP contribution >= 0.6 is 0 Å². The zero-order valence-electron chi connectivity index (χ0n) is 16.1. The smallest absolute Gasteiger partial charge is 0.135 e. The summed E-state index contributed by atoms with van der Waals surface area (Å²) >= 11 is 0. The molecule has 0 aliphatic heterocycles. The standard InChI is InChI=1S/C20H36O5/c1-3-4-5-6-10-19(22)12-8-14-24-16-17-25-15-13-20(23)11-7-9-18(2)21/h3-17H2,1-2H3. The summed E-state index contributed by atoms with van der Waals surface area (Å²) in [7, 11) is 0. The Hall–Kier alpha value is -1.07. The highest BCUT2D eigenvalue weighted by Gasteiger charge is 2.04. The molecule has 0 bridgehead atoms. The van der Waals surface area contributed by atoms with E-state index in [0.29, 0.717) is 70.7 Å². The number of ether oxygens (including phenoxy) is 2. The Kier molecular flexibility index (Phi) is 17.0. The summed E-state index contributed by atoms with van der Waals surface area (Å²) in [4.78, 5) is 33.9. The molecule has 0 fully saturated rings. The normalized spacial score (nSPS) is 10.8. The fraction of sp³-hybridized carbons (Fsp3) is 0.850. The summed E-state index contributed by atoms with van der Waals surface area (Å²) in [5.41, 5.74) is 0. The molecule has 0 spiro atoms. The third-order valence-electron chi connectivity index (χ3n) is 3.94. The van der Waals surface area contributed by atoms with Crippen LogP contribution in [-0.4, -0.2) is 43.8 Å². The Balaban J connectivity index is 3.26. The van der Waals surface area contributed by atoms with Gasteiger partial charge in [-0.3, -0.25) is 9.59 Å². The maximum absolute atomic E-state index is 11.6. The van der Waals surface area contributed by atoms with Crippen molar-refractivity contribution in [3.63, 3.8) is 0 Å². The molecule has 0 atom stereocenters. The predicted octanol–water partition coefficient (Wildman–Crippen LogP) is 4.06. The molecule has 0 aromatic heterocycles. The summed E-state index contributed by atoms with van der Waals surface area (Å²) in [5.74, 6) is 0.596. The minimum atomic E-state index is 0.124. The second kappa shape index (κ2) is 17.7. The molecule has 0 radical (unpaired) electrons. The molecular weight excluding hydrogens is 320 g/mol. The van der Waals surface area contributed by atoms with Crippen molar-refractivity contribution < 1.29 is 23.9 Å². The largest absolute Gasteiger partial charge is 0.379 e. The SMILES string of the molecule is CCCCCCC(=O)CCCOCCOCCC(=O)CCCC(C)=O. The lowest BCUT2D eigenvalue weighted by Crippen LogP contribution is -2.10. The van der Waals surface area contributed by atoms with Gasteiger partial charge in [-0.1, -0.05) is 26.2 Å². The molecule has 0 N–H and O–H groups in total. The third kappa shape index (κ3) is 19.1. The molecule has 0 aromatic rings. The van der Waals surface area contributed by atoms with Crippen LogP contribution in [0, 0.1) is 0 Å². The van der Waals surface area contributed by atoms with Gasteiger partial charge in [-0.05, 0) is 26.2 Å². The Morgan fingerprint density at radius 2 is 1.20 bits per heavy atom. The minimum Gasteiger partial charge on any atom is -0.379 e. The second-order valence-corrected chi connectivity index (χ2v) is 6.52. The van der Waals surface area contributed by atoms with Crippen molar-refractivity contribution in [2.75, 3.05) is 26.4 Å². The number of unbranched alkanes of at least 4 members (excludes halogenated alkanes) is 3. The zero-order chi connectivity index (χ0) is 18.8. The molecule has 5 nitrogen and oxygen atoms in total. The molecule has 0 aliphatic rings. The predicted molar refractivity (Wildman–Crippen MR) is 98.8 cm³/mol. The van der Waals surface area contributed by atoms with Gasteiger partial charge in [-0.15, -0.1) is 0 Å². The molecular formula is C20H36O5. The summed E-state index contributed by atoms with van der Waals surface area (Å²) in [6, 6.07) is 0. The van der Waals surface area contributed by atoms with Gasteiger partial charge in [0.05, 0.1) is 19.8 Å². The Bertz CT molecular complexity index is 365. The summed E-state index contributed by atoms with van der Waals surface area (Å²) in [6.45, 7) is 5.64. The Morgan fingerprint density at radius 1 is 0.600 bits per heavy atom. The number of rotatable bonds is 19. The molecule has 0 unspecified atom stereocenters. The number of hydrogen-bond acceptors (Lipinski definition) is 5. The van der Waals surface area contributed by atoms with E-state index in [9.17, 15) is 14.4 Å². The van der Waals surface area contributed by atoms with E-state index in [-0.39, 0.29) is 11.6 Å². The van der Waals surface area contributed by atoms with E-state index in [1.807, 2.05) is 0 Å². The average molecular weight is 357 g/mol. The fourth-order valence-corrected chi connectivity index (χ4v) is 2.41. The molecule has 5 heteroatoms. The third-order valence-corrected chi connectivity index (χ3v) is 3.94. The van der Waals surface area contributed by atoms with Crippen molar-refractivity contribution in [2.45, 2.75) is 84.5 Å². The van der Waals surface area contributed by atoms with Gasteiger partial charge < -0.3 is 14.3 Å². The highest BCUT2D eigenvalue weighted by molar-refractivity contribution is 5.80. The summed E-state index contributed by atoms with van der Waals surface area (Å²) in [6.07, 6.45) is 8.57. The van der Waals surface area contributed by atoms with Crippen molar-refractivity contribution in [1.82, 2.24) is 0 Å². The van der Waals surface area contributed by atoms with Crippen LogP contribution < -0.4 is 0 Å². The summed E-state index contributed by atoms with van der Waals surface area (Å²) < 4.78 is 10.8. The summed E-state index contributed by atoms with van der Waals surface area (Å²) in [5, 5.41) is 0. The van der Waals surface area contributed by atoms with E-state index in [4.69, 9.17) is 9.47 Å². The van der Waals surface area contributed by atoms with Gasteiger partial charge in [0.15, 0.2) is 0 Å². The van der Waals surface area contributed by atoms with Gasteiger partial charge in [0.2, 0.25) is 0 Å². The fourth-order valence-electron chi connectivity index (χ4n) is 2.41. The minimum absolute atomic E-state index is 0.124. The van der Waals surface area contributed by atoms with Crippen molar-refractivity contribution in [3.8, 4) is 0 Å². The van der Waals surface area contributed by atoms with E-state index in [2.05, 4.69) is 6.92 Å². The maximum atomic E-state index is 11.6. The van der Waals surface area contributed by atoms with Crippen LogP contribution in [0.4, 0.5) is 0 Å². The van der Waals surface area contributed by atoms with Crippen LogP contribution in [0.1, 0.15) is 84.5 Å². The molecule has 0 aliphatic carbocycles. The topological polar surface area (TPSA) is 69.7 Å². The van der Waals surface area contributed by atoms with E-state index >= 15 is 0 Å². The maximum Gasteiger partial charge on any atom is 0.135 e.